The number of anilines is 1. The molecule has 0 aliphatic carbocycles. The lowest BCUT2D eigenvalue weighted by Crippen LogP contribution is -2.37. The SMILES string of the molecule is CCN(C[C@H](N)CCSC)c1ccc(C)cc1. The average Bonchev–Trinajstić information content (AvgIpc) is 2.34. The summed E-state index contributed by atoms with van der Waals surface area (Å²) in [5.41, 5.74) is 8.73. The fourth-order valence-corrected chi connectivity index (χ4v) is 2.35. The quantitative estimate of drug-likeness (QED) is 0.809. The zero-order valence-electron chi connectivity index (χ0n) is 11.1. The first-order valence-corrected chi connectivity index (χ1v) is 7.63. The number of rotatable bonds is 7. The Morgan fingerprint density at radius 1 is 1.29 bits per heavy atom. The number of aryl methyl sites for hydroxylation is 1. The van der Waals surface area contributed by atoms with Crippen LogP contribution >= 0.6 is 11.8 Å². The number of thioether (sulfide) groups is 1. The molecule has 0 aliphatic rings. The van der Waals surface area contributed by atoms with Gasteiger partial charge >= 0.3 is 0 Å². The van der Waals surface area contributed by atoms with Gasteiger partial charge in [-0.3, -0.25) is 0 Å². The number of nitrogens with two attached hydrogens (primary N) is 1. The molecule has 0 unspecified atom stereocenters. The lowest BCUT2D eigenvalue weighted by molar-refractivity contribution is 0.627. The van der Waals surface area contributed by atoms with E-state index in [4.69, 9.17) is 5.73 Å². The Hall–Kier alpha value is -0.670. The van der Waals surface area contributed by atoms with Gasteiger partial charge < -0.3 is 10.6 Å². The number of nitrogens with zero attached hydrogens (tertiary/aromatic N) is 1. The van der Waals surface area contributed by atoms with Crippen LogP contribution in [-0.4, -0.2) is 31.1 Å². The molecule has 0 aromatic heterocycles. The number of likely N-dealkylation sites (N-methyl/N-ethyl adjacent to an activating group) is 1. The van der Waals surface area contributed by atoms with Crippen molar-refractivity contribution in [3.05, 3.63) is 29.8 Å². The first kappa shape index (κ1) is 14.4. The van der Waals surface area contributed by atoms with Crippen molar-refractivity contribution in [2.75, 3.05) is 30.0 Å². The standard InChI is InChI=1S/C14H24N2S/c1-4-16(11-13(15)9-10-17-3)14-7-5-12(2)6-8-14/h5-8,13H,4,9-11,15H2,1-3H3/t13-/m1/s1. The minimum atomic E-state index is 0.267. The van der Waals surface area contributed by atoms with Crippen molar-refractivity contribution in [1.82, 2.24) is 0 Å². The number of benzene rings is 1. The highest BCUT2D eigenvalue weighted by Gasteiger charge is 2.09. The van der Waals surface area contributed by atoms with Crippen molar-refractivity contribution in [1.29, 1.82) is 0 Å². The van der Waals surface area contributed by atoms with Gasteiger partial charge in [-0.25, -0.2) is 0 Å². The van der Waals surface area contributed by atoms with Gasteiger partial charge in [-0.05, 0) is 44.4 Å². The van der Waals surface area contributed by atoms with Crippen molar-refractivity contribution in [2.24, 2.45) is 5.73 Å². The summed E-state index contributed by atoms with van der Waals surface area (Å²) in [6.45, 7) is 6.25. The van der Waals surface area contributed by atoms with Gasteiger partial charge in [-0.1, -0.05) is 17.7 Å². The van der Waals surface area contributed by atoms with Crippen molar-refractivity contribution in [3.8, 4) is 0 Å². The van der Waals surface area contributed by atoms with Gasteiger partial charge in [0.1, 0.15) is 0 Å². The van der Waals surface area contributed by atoms with Gasteiger partial charge in [-0.2, -0.15) is 11.8 Å². The molecule has 0 aliphatic heterocycles. The van der Waals surface area contributed by atoms with E-state index in [2.05, 4.69) is 49.3 Å². The summed E-state index contributed by atoms with van der Waals surface area (Å²) in [5, 5.41) is 0. The topological polar surface area (TPSA) is 29.3 Å². The van der Waals surface area contributed by atoms with Crippen LogP contribution in [0.25, 0.3) is 0 Å². The van der Waals surface area contributed by atoms with E-state index in [1.165, 1.54) is 11.3 Å². The maximum Gasteiger partial charge on any atom is 0.0366 e. The van der Waals surface area contributed by atoms with Crippen LogP contribution in [0.5, 0.6) is 0 Å². The molecule has 1 rings (SSSR count). The van der Waals surface area contributed by atoms with Crippen LogP contribution < -0.4 is 10.6 Å². The van der Waals surface area contributed by atoms with Crippen LogP contribution in [0.15, 0.2) is 24.3 Å². The van der Waals surface area contributed by atoms with Crippen LogP contribution in [0.1, 0.15) is 18.9 Å². The Morgan fingerprint density at radius 2 is 1.94 bits per heavy atom. The molecule has 0 radical (unpaired) electrons. The lowest BCUT2D eigenvalue weighted by atomic mass is 10.2. The molecule has 17 heavy (non-hydrogen) atoms. The minimum absolute atomic E-state index is 0.267. The summed E-state index contributed by atoms with van der Waals surface area (Å²) >= 11 is 1.86. The van der Waals surface area contributed by atoms with E-state index in [9.17, 15) is 0 Å². The van der Waals surface area contributed by atoms with E-state index < -0.39 is 0 Å². The minimum Gasteiger partial charge on any atom is -0.370 e. The highest BCUT2D eigenvalue weighted by molar-refractivity contribution is 7.98. The van der Waals surface area contributed by atoms with Crippen molar-refractivity contribution in [3.63, 3.8) is 0 Å². The summed E-state index contributed by atoms with van der Waals surface area (Å²) in [5.74, 6) is 1.15. The molecule has 96 valence electrons. The summed E-state index contributed by atoms with van der Waals surface area (Å²) in [7, 11) is 0. The Labute approximate surface area is 110 Å². The van der Waals surface area contributed by atoms with Gasteiger partial charge in [0.2, 0.25) is 0 Å². The zero-order valence-corrected chi connectivity index (χ0v) is 12.0. The molecule has 2 nitrogen and oxygen atoms in total. The molecule has 0 saturated heterocycles. The zero-order chi connectivity index (χ0) is 12.7. The fourth-order valence-electron chi connectivity index (χ4n) is 1.82. The largest absolute Gasteiger partial charge is 0.370 e. The summed E-state index contributed by atoms with van der Waals surface area (Å²) in [6, 6.07) is 8.94. The summed E-state index contributed by atoms with van der Waals surface area (Å²) in [4.78, 5) is 2.35. The molecule has 0 heterocycles. The second kappa shape index (κ2) is 7.62. The highest BCUT2D eigenvalue weighted by atomic mass is 32.2. The van der Waals surface area contributed by atoms with E-state index in [-0.39, 0.29) is 6.04 Å². The summed E-state index contributed by atoms with van der Waals surface area (Å²) in [6.07, 6.45) is 3.22. The molecule has 1 aromatic carbocycles. The maximum absolute atomic E-state index is 6.15. The van der Waals surface area contributed by atoms with Gasteiger partial charge in [0.05, 0.1) is 0 Å². The second-order valence-electron chi connectivity index (χ2n) is 4.42. The molecule has 3 heteroatoms. The molecule has 0 fully saturated rings. The van der Waals surface area contributed by atoms with Crippen molar-refractivity contribution < 1.29 is 0 Å². The van der Waals surface area contributed by atoms with Gasteiger partial charge in [0, 0.05) is 24.8 Å². The molecule has 1 aromatic rings. The Morgan fingerprint density at radius 3 is 2.47 bits per heavy atom. The predicted molar refractivity (Wildman–Crippen MR) is 80.0 cm³/mol. The molecule has 1 atom stereocenters. The molecular formula is C14H24N2S. The molecule has 0 bridgehead atoms. The highest BCUT2D eigenvalue weighted by Crippen LogP contribution is 2.15. The van der Waals surface area contributed by atoms with Gasteiger partial charge in [0.25, 0.3) is 0 Å². The Kier molecular flexibility index (Phi) is 6.45. The third kappa shape index (κ3) is 5.00. The van der Waals surface area contributed by atoms with Crippen LogP contribution in [0.3, 0.4) is 0 Å². The van der Waals surface area contributed by atoms with Gasteiger partial charge in [0.15, 0.2) is 0 Å². The Balaban J connectivity index is 2.56. The number of hydrogen-bond acceptors (Lipinski definition) is 3. The third-order valence-corrected chi connectivity index (χ3v) is 3.57. The number of hydrogen-bond donors (Lipinski definition) is 1. The van der Waals surface area contributed by atoms with E-state index in [1.54, 1.807) is 0 Å². The molecule has 0 amide bonds. The van der Waals surface area contributed by atoms with E-state index in [1.807, 2.05) is 11.8 Å². The van der Waals surface area contributed by atoms with E-state index in [0.717, 1.165) is 25.3 Å². The third-order valence-electron chi connectivity index (χ3n) is 2.93. The predicted octanol–water partition coefficient (Wildman–Crippen LogP) is 2.90. The van der Waals surface area contributed by atoms with Crippen LogP contribution in [-0.2, 0) is 0 Å². The van der Waals surface area contributed by atoms with E-state index in [0.29, 0.717) is 0 Å². The molecule has 2 N–H and O–H groups in total. The average molecular weight is 252 g/mol. The Bertz CT molecular complexity index is 311. The first-order chi connectivity index (χ1) is 8.17. The van der Waals surface area contributed by atoms with Crippen LogP contribution in [0, 0.1) is 6.92 Å². The monoisotopic (exact) mass is 252 g/mol. The fraction of sp³-hybridized carbons (Fsp3) is 0.571. The molecule has 0 spiro atoms. The summed E-state index contributed by atoms with van der Waals surface area (Å²) < 4.78 is 0. The molecular weight excluding hydrogens is 228 g/mol. The first-order valence-electron chi connectivity index (χ1n) is 6.23. The van der Waals surface area contributed by atoms with Crippen LogP contribution in [0.2, 0.25) is 0 Å². The van der Waals surface area contributed by atoms with Crippen molar-refractivity contribution >= 4 is 17.4 Å². The lowest BCUT2D eigenvalue weighted by Gasteiger charge is -2.26. The van der Waals surface area contributed by atoms with Gasteiger partial charge in [-0.15, -0.1) is 0 Å². The molecule has 0 saturated carbocycles. The maximum atomic E-state index is 6.15. The van der Waals surface area contributed by atoms with Crippen molar-refractivity contribution in [2.45, 2.75) is 26.3 Å². The normalized spacial score (nSPS) is 12.5. The second-order valence-corrected chi connectivity index (χ2v) is 5.40. The van der Waals surface area contributed by atoms with Crippen LogP contribution in [0.4, 0.5) is 5.69 Å². The van der Waals surface area contributed by atoms with E-state index >= 15 is 0 Å². The smallest absolute Gasteiger partial charge is 0.0366 e.